The Morgan fingerprint density at radius 3 is 3.00 bits per heavy atom. The van der Waals surface area contributed by atoms with Crippen molar-refractivity contribution in [2.24, 2.45) is 0 Å². The first-order valence-corrected chi connectivity index (χ1v) is 7.31. The van der Waals surface area contributed by atoms with E-state index in [0.29, 0.717) is 6.04 Å². The number of hydrogen-bond acceptors (Lipinski definition) is 4. The van der Waals surface area contributed by atoms with Crippen LogP contribution in [0.4, 0.5) is 0 Å². The quantitative estimate of drug-likeness (QED) is 0.930. The number of hydrogen-bond donors (Lipinski definition) is 1. The van der Waals surface area contributed by atoms with Crippen LogP contribution in [0.3, 0.4) is 0 Å². The molecule has 0 aliphatic heterocycles. The van der Waals surface area contributed by atoms with Crippen LogP contribution in [0.1, 0.15) is 42.8 Å². The van der Waals surface area contributed by atoms with E-state index in [9.17, 15) is 0 Å². The standard InChI is InChI=1S/C16H20N4/c1-3-17-13-7-5-8-14-12(13)10-18-16(20-14)15-9-4-6-11(2)19-15/h4,6,9-10,13,17H,3,5,7-8H2,1-2H3. The molecule has 0 saturated carbocycles. The van der Waals surface area contributed by atoms with E-state index in [-0.39, 0.29) is 0 Å². The van der Waals surface area contributed by atoms with Gasteiger partial charge in [-0.05, 0) is 44.9 Å². The minimum Gasteiger partial charge on any atom is -0.310 e. The Balaban J connectivity index is 1.97. The van der Waals surface area contributed by atoms with E-state index in [4.69, 9.17) is 4.98 Å². The smallest absolute Gasteiger partial charge is 0.178 e. The van der Waals surface area contributed by atoms with Crippen LogP contribution >= 0.6 is 0 Å². The van der Waals surface area contributed by atoms with E-state index >= 15 is 0 Å². The van der Waals surface area contributed by atoms with Crippen LogP contribution < -0.4 is 5.32 Å². The first-order chi connectivity index (χ1) is 9.78. The van der Waals surface area contributed by atoms with Crippen molar-refractivity contribution in [2.75, 3.05) is 6.54 Å². The molecule has 1 aliphatic carbocycles. The lowest BCUT2D eigenvalue weighted by molar-refractivity contribution is 0.464. The maximum atomic E-state index is 4.74. The Morgan fingerprint density at radius 2 is 2.20 bits per heavy atom. The second-order valence-electron chi connectivity index (χ2n) is 5.26. The fourth-order valence-corrected chi connectivity index (χ4v) is 2.80. The lowest BCUT2D eigenvalue weighted by Crippen LogP contribution is -2.26. The third kappa shape index (κ3) is 2.56. The van der Waals surface area contributed by atoms with Crippen LogP contribution in [-0.2, 0) is 6.42 Å². The summed E-state index contributed by atoms with van der Waals surface area (Å²) in [6, 6.07) is 6.37. The van der Waals surface area contributed by atoms with Crippen molar-refractivity contribution in [3.05, 3.63) is 41.3 Å². The molecule has 2 heterocycles. The Kier molecular flexibility index (Phi) is 3.74. The number of nitrogens with one attached hydrogen (secondary N) is 1. The summed E-state index contributed by atoms with van der Waals surface area (Å²) in [4.78, 5) is 13.8. The molecule has 0 saturated heterocycles. The summed E-state index contributed by atoms with van der Waals surface area (Å²) in [6.07, 6.45) is 5.38. The Bertz CT molecular complexity index is 609. The molecule has 20 heavy (non-hydrogen) atoms. The second kappa shape index (κ2) is 5.67. The number of aryl methyl sites for hydroxylation is 2. The van der Waals surface area contributed by atoms with Crippen LogP contribution in [-0.4, -0.2) is 21.5 Å². The van der Waals surface area contributed by atoms with Crippen molar-refractivity contribution in [3.63, 3.8) is 0 Å². The van der Waals surface area contributed by atoms with E-state index in [2.05, 4.69) is 22.2 Å². The predicted molar refractivity (Wildman–Crippen MR) is 79.4 cm³/mol. The summed E-state index contributed by atoms with van der Waals surface area (Å²) in [7, 11) is 0. The summed E-state index contributed by atoms with van der Waals surface area (Å²) in [5, 5.41) is 3.51. The molecule has 0 aromatic carbocycles. The molecule has 4 nitrogen and oxygen atoms in total. The van der Waals surface area contributed by atoms with Crippen molar-refractivity contribution in [2.45, 2.75) is 39.2 Å². The highest BCUT2D eigenvalue weighted by molar-refractivity contribution is 5.50. The zero-order valence-corrected chi connectivity index (χ0v) is 12.1. The average molecular weight is 268 g/mol. The molecule has 4 heteroatoms. The molecular weight excluding hydrogens is 248 g/mol. The predicted octanol–water partition coefficient (Wildman–Crippen LogP) is 2.83. The van der Waals surface area contributed by atoms with Gasteiger partial charge in [0.05, 0.1) is 0 Å². The van der Waals surface area contributed by atoms with E-state index in [1.165, 1.54) is 24.1 Å². The fourth-order valence-electron chi connectivity index (χ4n) is 2.80. The Labute approximate surface area is 119 Å². The molecule has 0 radical (unpaired) electrons. The first kappa shape index (κ1) is 13.2. The van der Waals surface area contributed by atoms with Gasteiger partial charge in [-0.1, -0.05) is 13.0 Å². The molecule has 3 rings (SSSR count). The zero-order chi connectivity index (χ0) is 13.9. The van der Waals surface area contributed by atoms with Crippen LogP contribution in [0.2, 0.25) is 0 Å². The summed E-state index contributed by atoms with van der Waals surface area (Å²) >= 11 is 0. The third-order valence-corrected chi connectivity index (χ3v) is 3.75. The molecule has 1 unspecified atom stereocenters. The molecule has 1 atom stereocenters. The Hall–Kier alpha value is -1.81. The lowest BCUT2D eigenvalue weighted by atomic mass is 9.92. The summed E-state index contributed by atoms with van der Waals surface area (Å²) < 4.78 is 0. The minimum atomic E-state index is 0.406. The SMILES string of the molecule is CCNC1CCCc2nc(-c3cccc(C)n3)ncc21. The number of nitrogens with zero attached hydrogens (tertiary/aromatic N) is 3. The van der Waals surface area contributed by atoms with Gasteiger partial charge >= 0.3 is 0 Å². The van der Waals surface area contributed by atoms with Gasteiger partial charge in [0.15, 0.2) is 5.82 Å². The maximum absolute atomic E-state index is 4.74. The van der Waals surface area contributed by atoms with Gasteiger partial charge in [-0.25, -0.2) is 15.0 Å². The van der Waals surface area contributed by atoms with Crippen molar-refractivity contribution in [1.29, 1.82) is 0 Å². The van der Waals surface area contributed by atoms with Gasteiger partial charge < -0.3 is 5.32 Å². The van der Waals surface area contributed by atoms with E-state index < -0.39 is 0 Å². The fraction of sp³-hybridized carbons (Fsp3) is 0.438. The van der Waals surface area contributed by atoms with Crippen LogP contribution in [0, 0.1) is 6.92 Å². The highest BCUT2D eigenvalue weighted by Gasteiger charge is 2.21. The molecule has 0 bridgehead atoms. The largest absolute Gasteiger partial charge is 0.310 e. The summed E-state index contributed by atoms with van der Waals surface area (Å²) in [5.74, 6) is 0.740. The molecule has 0 amide bonds. The van der Waals surface area contributed by atoms with Gasteiger partial charge in [-0.3, -0.25) is 0 Å². The Morgan fingerprint density at radius 1 is 1.30 bits per heavy atom. The molecule has 1 N–H and O–H groups in total. The van der Waals surface area contributed by atoms with Gasteiger partial charge in [0, 0.05) is 29.2 Å². The number of fused-ring (bicyclic) bond motifs is 1. The summed E-state index contributed by atoms with van der Waals surface area (Å²) in [5.41, 5.74) is 4.29. The van der Waals surface area contributed by atoms with Crippen molar-refractivity contribution < 1.29 is 0 Å². The van der Waals surface area contributed by atoms with Gasteiger partial charge in [-0.15, -0.1) is 0 Å². The second-order valence-corrected chi connectivity index (χ2v) is 5.26. The number of pyridine rings is 1. The van der Waals surface area contributed by atoms with Gasteiger partial charge in [0.25, 0.3) is 0 Å². The summed E-state index contributed by atoms with van der Waals surface area (Å²) in [6.45, 7) is 5.11. The number of rotatable bonds is 3. The van der Waals surface area contributed by atoms with Gasteiger partial charge in [-0.2, -0.15) is 0 Å². The molecule has 2 aromatic heterocycles. The molecule has 0 spiro atoms. The van der Waals surface area contributed by atoms with Crippen molar-refractivity contribution in [3.8, 4) is 11.5 Å². The van der Waals surface area contributed by atoms with Gasteiger partial charge in [0.2, 0.25) is 0 Å². The van der Waals surface area contributed by atoms with E-state index in [1.54, 1.807) is 0 Å². The molecule has 104 valence electrons. The zero-order valence-electron chi connectivity index (χ0n) is 12.1. The van der Waals surface area contributed by atoms with E-state index in [1.807, 2.05) is 31.3 Å². The molecule has 2 aromatic rings. The topological polar surface area (TPSA) is 50.7 Å². The molecule has 0 fully saturated rings. The molecular formula is C16H20N4. The monoisotopic (exact) mass is 268 g/mol. The lowest BCUT2D eigenvalue weighted by Gasteiger charge is -2.25. The van der Waals surface area contributed by atoms with Crippen molar-refractivity contribution in [1.82, 2.24) is 20.3 Å². The van der Waals surface area contributed by atoms with Crippen molar-refractivity contribution >= 4 is 0 Å². The third-order valence-electron chi connectivity index (χ3n) is 3.75. The maximum Gasteiger partial charge on any atom is 0.178 e. The average Bonchev–Trinajstić information content (AvgIpc) is 2.47. The van der Waals surface area contributed by atoms with E-state index in [0.717, 1.165) is 30.2 Å². The first-order valence-electron chi connectivity index (χ1n) is 7.31. The minimum absolute atomic E-state index is 0.406. The highest BCUT2D eigenvalue weighted by Crippen LogP contribution is 2.29. The van der Waals surface area contributed by atoms with Crippen LogP contribution in [0.15, 0.2) is 24.4 Å². The van der Waals surface area contributed by atoms with Crippen LogP contribution in [0.5, 0.6) is 0 Å². The highest BCUT2D eigenvalue weighted by atomic mass is 15.0. The van der Waals surface area contributed by atoms with Crippen LogP contribution in [0.25, 0.3) is 11.5 Å². The van der Waals surface area contributed by atoms with Gasteiger partial charge in [0.1, 0.15) is 5.69 Å². The number of aromatic nitrogens is 3. The molecule has 1 aliphatic rings. The normalized spacial score (nSPS) is 17.8.